The molecule has 0 atom stereocenters. The largest absolute Gasteiger partial charge is 0.465 e. The quantitative estimate of drug-likeness (QED) is 0.463. The van der Waals surface area contributed by atoms with Crippen molar-refractivity contribution >= 4 is 44.9 Å². The molecule has 0 aliphatic rings. The number of rotatable bonds is 7. The first kappa shape index (κ1) is 25.3. The number of benzene rings is 3. The predicted octanol–water partition coefficient (Wildman–Crippen LogP) is 4.96. The number of halogens is 1. The average molecular weight is 501 g/mol. The van der Waals surface area contributed by atoms with Crippen molar-refractivity contribution in [3.8, 4) is 0 Å². The van der Waals surface area contributed by atoms with Gasteiger partial charge in [0.1, 0.15) is 0 Å². The number of anilines is 2. The maximum Gasteiger partial charge on any atom is 0.337 e. The SMILES string of the molecule is COC(=O)c1ccc(Cl)c(NC(=O)c2ccc(CN(c3cc(C)ccc3C)S(C)(=O)=O)cc2)c1. The Morgan fingerprint density at radius 2 is 1.62 bits per heavy atom. The molecule has 1 N–H and O–H groups in total. The number of amides is 1. The molecular weight excluding hydrogens is 476 g/mol. The first-order valence-electron chi connectivity index (χ1n) is 10.3. The van der Waals surface area contributed by atoms with Gasteiger partial charge in [-0.25, -0.2) is 13.2 Å². The van der Waals surface area contributed by atoms with Crippen molar-refractivity contribution in [2.45, 2.75) is 20.4 Å². The lowest BCUT2D eigenvalue weighted by atomic mass is 10.1. The summed E-state index contributed by atoms with van der Waals surface area (Å²) in [6, 6.07) is 16.7. The summed E-state index contributed by atoms with van der Waals surface area (Å²) in [5, 5.41) is 2.96. The number of nitrogens with zero attached hydrogens (tertiary/aromatic N) is 1. The van der Waals surface area contributed by atoms with Crippen molar-refractivity contribution in [2.75, 3.05) is 23.0 Å². The van der Waals surface area contributed by atoms with Gasteiger partial charge < -0.3 is 10.1 Å². The fourth-order valence-corrected chi connectivity index (χ4v) is 4.46. The van der Waals surface area contributed by atoms with Gasteiger partial charge in [-0.1, -0.05) is 35.9 Å². The number of hydrogen-bond acceptors (Lipinski definition) is 5. The van der Waals surface area contributed by atoms with Crippen LogP contribution < -0.4 is 9.62 Å². The van der Waals surface area contributed by atoms with E-state index >= 15 is 0 Å². The van der Waals surface area contributed by atoms with E-state index in [9.17, 15) is 18.0 Å². The molecule has 9 heteroatoms. The van der Waals surface area contributed by atoms with Crippen LogP contribution in [0.1, 0.15) is 37.4 Å². The first-order chi connectivity index (χ1) is 16.0. The monoisotopic (exact) mass is 500 g/mol. The molecule has 34 heavy (non-hydrogen) atoms. The van der Waals surface area contributed by atoms with Gasteiger partial charge >= 0.3 is 5.97 Å². The maximum atomic E-state index is 12.7. The molecule has 0 aliphatic carbocycles. The van der Waals surface area contributed by atoms with Crippen LogP contribution in [-0.2, 0) is 21.3 Å². The van der Waals surface area contributed by atoms with Crippen molar-refractivity contribution in [3.05, 3.63) is 93.5 Å². The van der Waals surface area contributed by atoms with Gasteiger partial charge in [-0.05, 0) is 66.9 Å². The van der Waals surface area contributed by atoms with Gasteiger partial charge in [0.15, 0.2) is 0 Å². The third kappa shape index (κ3) is 5.95. The Hall–Kier alpha value is -3.36. The van der Waals surface area contributed by atoms with E-state index in [-0.39, 0.29) is 22.8 Å². The van der Waals surface area contributed by atoms with Gasteiger partial charge in [0, 0.05) is 5.56 Å². The Labute approximate surface area is 204 Å². The van der Waals surface area contributed by atoms with Crippen LogP contribution in [-0.4, -0.2) is 33.7 Å². The smallest absolute Gasteiger partial charge is 0.337 e. The second-order valence-electron chi connectivity index (χ2n) is 7.90. The summed E-state index contributed by atoms with van der Waals surface area (Å²) >= 11 is 6.15. The molecule has 7 nitrogen and oxygen atoms in total. The van der Waals surface area contributed by atoms with Crippen LogP contribution >= 0.6 is 11.6 Å². The first-order valence-corrected chi connectivity index (χ1v) is 12.6. The zero-order valence-corrected chi connectivity index (χ0v) is 20.8. The normalized spacial score (nSPS) is 11.1. The highest BCUT2D eigenvalue weighted by molar-refractivity contribution is 7.92. The number of carbonyl (C=O) groups excluding carboxylic acids is 2. The van der Waals surface area contributed by atoms with Crippen LogP contribution in [0.25, 0.3) is 0 Å². The molecule has 3 aromatic carbocycles. The molecule has 0 heterocycles. The fraction of sp³-hybridized carbons (Fsp3) is 0.200. The highest BCUT2D eigenvalue weighted by Crippen LogP contribution is 2.27. The summed E-state index contributed by atoms with van der Waals surface area (Å²) in [5.41, 5.74) is 4.01. The molecule has 1 amide bonds. The second-order valence-corrected chi connectivity index (χ2v) is 10.2. The fourth-order valence-electron chi connectivity index (χ4n) is 3.36. The van der Waals surface area contributed by atoms with Crippen molar-refractivity contribution < 1.29 is 22.7 Å². The Morgan fingerprint density at radius 1 is 0.971 bits per heavy atom. The third-order valence-corrected chi connectivity index (χ3v) is 6.67. The van der Waals surface area contributed by atoms with Crippen molar-refractivity contribution in [3.63, 3.8) is 0 Å². The zero-order chi connectivity index (χ0) is 25.0. The van der Waals surface area contributed by atoms with Gasteiger partial charge in [-0.3, -0.25) is 9.10 Å². The molecule has 0 spiro atoms. The van der Waals surface area contributed by atoms with Gasteiger partial charge in [-0.2, -0.15) is 0 Å². The topological polar surface area (TPSA) is 92.8 Å². The molecule has 0 aliphatic heterocycles. The number of nitrogens with one attached hydrogen (secondary N) is 1. The number of esters is 1. The van der Waals surface area contributed by atoms with Crippen molar-refractivity contribution in [1.29, 1.82) is 0 Å². The van der Waals surface area contributed by atoms with E-state index < -0.39 is 21.9 Å². The molecule has 0 fully saturated rings. The van der Waals surface area contributed by atoms with Crippen molar-refractivity contribution in [2.24, 2.45) is 0 Å². The van der Waals surface area contributed by atoms with E-state index in [2.05, 4.69) is 5.32 Å². The van der Waals surface area contributed by atoms with Crippen LogP contribution in [0.15, 0.2) is 60.7 Å². The molecule has 0 aromatic heterocycles. The zero-order valence-electron chi connectivity index (χ0n) is 19.3. The lowest BCUT2D eigenvalue weighted by Crippen LogP contribution is -2.30. The van der Waals surface area contributed by atoms with E-state index in [1.54, 1.807) is 24.3 Å². The molecule has 0 radical (unpaired) electrons. The summed E-state index contributed by atoms with van der Waals surface area (Å²) in [4.78, 5) is 24.5. The molecule has 0 saturated carbocycles. The van der Waals surface area contributed by atoms with Crippen LogP contribution in [0.3, 0.4) is 0 Å². The van der Waals surface area contributed by atoms with Gasteiger partial charge in [0.05, 0.1) is 41.9 Å². The summed E-state index contributed by atoms with van der Waals surface area (Å²) in [7, 11) is -2.27. The number of sulfonamides is 1. The molecular formula is C25H25ClN2O5S. The van der Waals surface area contributed by atoms with Crippen LogP contribution in [0, 0.1) is 13.8 Å². The molecule has 0 saturated heterocycles. The Bertz CT molecular complexity index is 1340. The van der Waals surface area contributed by atoms with E-state index in [1.165, 1.54) is 35.9 Å². The van der Waals surface area contributed by atoms with Gasteiger partial charge in [-0.15, -0.1) is 0 Å². The average Bonchev–Trinajstić information content (AvgIpc) is 2.79. The number of aryl methyl sites for hydroxylation is 2. The molecule has 0 bridgehead atoms. The lowest BCUT2D eigenvalue weighted by molar-refractivity contribution is 0.0600. The molecule has 178 valence electrons. The van der Waals surface area contributed by atoms with Crippen molar-refractivity contribution in [1.82, 2.24) is 0 Å². The van der Waals surface area contributed by atoms with Crippen LogP contribution in [0.4, 0.5) is 11.4 Å². The van der Waals surface area contributed by atoms with E-state index in [4.69, 9.17) is 16.3 Å². The van der Waals surface area contributed by atoms with Crippen LogP contribution in [0.2, 0.25) is 5.02 Å². The van der Waals surface area contributed by atoms with E-state index in [0.29, 0.717) is 16.8 Å². The summed E-state index contributed by atoms with van der Waals surface area (Å²) in [6.07, 6.45) is 1.17. The van der Waals surface area contributed by atoms with Gasteiger partial charge in [0.25, 0.3) is 5.91 Å². The number of carbonyl (C=O) groups is 2. The standard InChI is InChI=1S/C25H25ClN2O5S/c1-16-5-6-17(2)23(13-16)28(34(4,31)32)15-18-7-9-19(10-8-18)24(29)27-22-14-20(25(30)33-3)11-12-21(22)26/h5-14H,15H2,1-4H3,(H,27,29). The minimum Gasteiger partial charge on any atom is -0.465 e. The van der Waals surface area contributed by atoms with Crippen LogP contribution in [0.5, 0.6) is 0 Å². The number of hydrogen-bond donors (Lipinski definition) is 1. The lowest BCUT2D eigenvalue weighted by Gasteiger charge is -2.25. The number of ether oxygens (including phenoxy) is 1. The predicted molar refractivity (Wildman–Crippen MR) is 134 cm³/mol. The molecule has 3 rings (SSSR count). The Morgan fingerprint density at radius 3 is 2.24 bits per heavy atom. The summed E-state index contributed by atoms with van der Waals surface area (Å²) in [5.74, 6) is -0.972. The van der Waals surface area contributed by atoms with E-state index in [1.807, 2.05) is 32.0 Å². The third-order valence-electron chi connectivity index (χ3n) is 5.21. The molecule has 3 aromatic rings. The highest BCUT2D eigenvalue weighted by atomic mass is 35.5. The summed E-state index contributed by atoms with van der Waals surface area (Å²) < 4.78 is 31.1. The highest BCUT2D eigenvalue weighted by Gasteiger charge is 2.20. The Balaban J connectivity index is 1.81. The minimum absolute atomic E-state index is 0.123. The minimum atomic E-state index is -3.54. The maximum absolute atomic E-state index is 12.7. The molecule has 0 unspecified atom stereocenters. The van der Waals surface area contributed by atoms with Gasteiger partial charge in [0.2, 0.25) is 10.0 Å². The van der Waals surface area contributed by atoms with E-state index in [0.717, 1.165) is 11.1 Å². The summed E-state index contributed by atoms with van der Waals surface area (Å²) in [6.45, 7) is 3.89. The number of methoxy groups -OCH3 is 1. The second kappa shape index (κ2) is 10.3. The Kier molecular flexibility index (Phi) is 7.64.